The van der Waals surface area contributed by atoms with Gasteiger partial charge in [-0.25, -0.2) is 4.57 Å². The Balaban J connectivity index is 1.76. The Bertz CT molecular complexity index is 865. The van der Waals surface area contributed by atoms with Crippen molar-refractivity contribution in [2.75, 3.05) is 25.4 Å². The van der Waals surface area contributed by atoms with Gasteiger partial charge in [-0.3, -0.25) is 23.4 Å². The minimum Gasteiger partial charge on any atom is -0.404 e. The predicted octanol–water partition coefficient (Wildman–Crippen LogP) is 2.27. The maximum absolute atomic E-state index is 12.9. The molecule has 1 unspecified atom stereocenters. The maximum Gasteiger partial charge on any atom is 0.530 e. The molecule has 1 fully saturated rings. The van der Waals surface area contributed by atoms with Gasteiger partial charge >= 0.3 is 7.82 Å². The quantitative estimate of drug-likeness (QED) is 0.307. The first-order valence-corrected chi connectivity index (χ1v) is 13.0. The summed E-state index contributed by atoms with van der Waals surface area (Å²) in [7, 11) is -4.00. The molecule has 0 aromatic heterocycles. The third kappa shape index (κ3) is 9.46. The second-order valence-electron chi connectivity index (χ2n) is 8.26. The number of nitrogens with one attached hydrogen (secondary N) is 2. The van der Waals surface area contributed by atoms with Gasteiger partial charge in [0.25, 0.3) is 5.91 Å². The number of benzene rings is 1. The summed E-state index contributed by atoms with van der Waals surface area (Å²) in [4.78, 5) is 36.1. The number of aliphatic hydroxyl groups is 1. The van der Waals surface area contributed by atoms with Crippen LogP contribution in [0, 0.1) is 5.41 Å². The van der Waals surface area contributed by atoms with Crippen molar-refractivity contribution in [1.29, 1.82) is 0 Å². The summed E-state index contributed by atoms with van der Waals surface area (Å²) in [6.07, 6.45) is -1.69. The summed E-state index contributed by atoms with van der Waals surface area (Å²) in [6.45, 7) is 5.36. The highest BCUT2D eigenvalue weighted by molar-refractivity contribution is 8.13. The number of carbonyl (C=O) groups excluding carboxylic acids is 3. The monoisotopic (exact) mass is 502 g/mol. The molecule has 0 saturated carbocycles. The molecule has 3 atom stereocenters. The van der Waals surface area contributed by atoms with E-state index < -0.39 is 31.4 Å². The summed E-state index contributed by atoms with van der Waals surface area (Å²) >= 11 is 1.04. The number of carbonyl (C=O) groups is 3. The number of para-hydroxylation sites is 1. The maximum atomic E-state index is 12.9. The molecule has 1 aliphatic heterocycles. The van der Waals surface area contributed by atoms with Crippen LogP contribution in [0.15, 0.2) is 30.3 Å². The third-order valence-electron chi connectivity index (χ3n) is 4.54. The molecule has 1 heterocycles. The number of rotatable bonds is 11. The van der Waals surface area contributed by atoms with Crippen molar-refractivity contribution in [2.45, 2.75) is 45.8 Å². The molecule has 2 rings (SSSR count). The molecule has 33 heavy (non-hydrogen) atoms. The Hall–Kier alpha value is -1.91. The minimum absolute atomic E-state index is 0.0128. The fraction of sp³-hybridized carbons (Fsp3) is 0.571. The van der Waals surface area contributed by atoms with Crippen molar-refractivity contribution in [3.05, 3.63) is 30.3 Å². The molecule has 184 valence electrons. The average Bonchev–Trinajstić information content (AvgIpc) is 2.73. The van der Waals surface area contributed by atoms with Crippen LogP contribution < -0.4 is 15.2 Å². The normalized spacial score (nSPS) is 22.7. The van der Waals surface area contributed by atoms with Crippen LogP contribution in [0.25, 0.3) is 0 Å². The predicted molar refractivity (Wildman–Crippen MR) is 124 cm³/mol. The highest BCUT2D eigenvalue weighted by Gasteiger charge is 2.49. The van der Waals surface area contributed by atoms with Crippen molar-refractivity contribution in [3.8, 4) is 5.75 Å². The number of hydrogen-bond donors (Lipinski definition) is 3. The van der Waals surface area contributed by atoms with E-state index in [4.69, 9.17) is 18.7 Å². The number of amides is 2. The first-order valence-electron chi connectivity index (χ1n) is 10.6. The van der Waals surface area contributed by atoms with Gasteiger partial charge in [-0.2, -0.15) is 0 Å². The lowest BCUT2D eigenvalue weighted by atomic mass is 9.87. The molecule has 0 aliphatic carbocycles. The molecule has 3 N–H and O–H groups in total. The van der Waals surface area contributed by atoms with Gasteiger partial charge in [0.1, 0.15) is 5.75 Å². The highest BCUT2D eigenvalue weighted by atomic mass is 32.2. The minimum atomic E-state index is -4.00. The molecule has 10 nitrogen and oxygen atoms in total. The molecule has 1 aromatic rings. The smallest absolute Gasteiger partial charge is 0.404 e. The molecular weight excluding hydrogens is 471 g/mol. The van der Waals surface area contributed by atoms with Crippen LogP contribution in [0.1, 0.15) is 33.6 Å². The van der Waals surface area contributed by atoms with Crippen molar-refractivity contribution in [3.63, 3.8) is 0 Å². The van der Waals surface area contributed by atoms with Gasteiger partial charge in [0, 0.05) is 37.1 Å². The Morgan fingerprint density at radius 1 is 1.24 bits per heavy atom. The molecule has 2 amide bonds. The second kappa shape index (κ2) is 12.5. The van der Waals surface area contributed by atoms with E-state index in [1.165, 1.54) is 6.92 Å². The summed E-state index contributed by atoms with van der Waals surface area (Å²) in [5, 5.41) is 14.3. The van der Waals surface area contributed by atoms with Crippen LogP contribution >= 0.6 is 19.6 Å². The third-order valence-corrected chi connectivity index (χ3v) is 6.78. The lowest BCUT2D eigenvalue weighted by molar-refractivity contribution is -0.140. The van der Waals surface area contributed by atoms with Crippen LogP contribution in [0.3, 0.4) is 0 Å². The van der Waals surface area contributed by atoms with Crippen LogP contribution in [-0.2, 0) is 28.0 Å². The van der Waals surface area contributed by atoms with Gasteiger partial charge in [-0.05, 0) is 19.1 Å². The zero-order chi connectivity index (χ0) is 24.5. The Morgan fingerprint density at radius 2 is 1.94 bits per heavy atom. The van der Waals surface area contributed by atoms with E-state index in [1.54, 1.807) is 44.2 Å². The van der Waals surface area contributed by atoms with Crippen molar-refractivity contribution in [2.24, 2.45) is 5.41 Å². The zero-order valence-corrected chi connectivity index (χ0v) is 20.7. The summed E-state index contributed by atoms with van der Waals surface area (Å²) in [6, 6.07) is 8.38. The zero-order valence-electron chi connectivity index (χ0n) is 18.9. The first kappa shape index (κ1) is 27.3. The van der Waals surface area contributed by atoms with Crippen molar-refractivity contribution >= 4 is 36.5 Å². The van der Waals surface area contributed by atoms with Crippen LogP contribution in [0.4, 0.5) is 0 Å². The van der Waals surface area contributed by atoms with Crippen LogP contribution in [0.2, 0.25) is 0 Å². The summed E-state index contributed by atoms with van der Waals surface area (Å²) in [5.41, 5.74) is -0.768. The SMILES string of the molecule is C[C@@H](O)CC(=O)SCCNC(=O)CCNC(=O)[C@@H]1OP(=O)(Oc2ccccc2)OCC1(C)C. The van der Waals surface area contributed by atoms with Gasteiger partial charge in [-0.1, -0.05) is 43.8 Å². The Morgan fingerprint density at radius 3 is 2.61 bits per heavy atom. The average molecular weight is 503 g/mol. The molecule has 1 aromatic carbocycles. The van der Waals surface area contributed by atoms with E-state index in [-0.39, 0.29) is 37.0 Å². The number of phosphoric ester groups is 1. The van der Waals surface area contributed by atoms with E-state index in [2.05, 4.69) is 10.6 Å². The lowest BCUT2D eigenvalue weighted by Gasteiger charge is -2.39. The summed E-state index contributed by atoms with van der Waals surface area (Å²) in [5.74, 6) is -0.122. The largest absolute Gasteiger partial charge is 0.530 e. The van der Waals surface area contributed by atoms with Gasteiger partial charge in [0.05, 0.1) is 12.7 Å². The standard InChI is InChI=1S/C21H31N2O8PS/c1-15(24)13-18(26)33-12-11-22-17(25)9-10-23-20(27)19-21(2,3)14-29-32(28,31-19)30-16-7-5-4-6-8-16/h4-8,15,19,24H,9-14H2,1-3H3,(H,22,25)(H,23,27)/t15-,19+,32?/m1/s1. The van der Waals surface area contributed by atoms with Gasteiger partial charge < -0.3 is 20.3 Å². The lowest BCUT2D eigenvalue weighted by Crippen LogP contribution is -2.50. The molecule has 1 aliphatic rings. The number of thioether (sulfide) groups is 1. The van der Waals surface area contributed by atoms with Gasteiger partial charge in [0.2, 0.25) is 5.91 Å². The molecule has 0 spiro atoms. The number of aliphatic hydroxyl groups excluding tert-OH is 1. The molecule has 1 saturated heterocycles. The van der Waals surface area contributed by atoms with Gasteiger partial charge in [-0.15, -0.1) is 0 Å². The van der Waals surface area contributed by atoms with E-state index in [0.717, 1.165) is 11.8 Å². The highest BCUT2D eigenvalue weighted by Crippen LogP contribution is 2.56. The topological polar surface area (TPSA) is 140 Å². The van der Waals surface area contributed by atoms with Gasteiger partial charge in [0.15, 0.2) is 11.2 Å². The second-order valence-corrected chi connectivity index (χ2v) is 11.0. The van der Waals surface area contributed by atoms with E-state index >= 15 is 0 Å². The fourth-order valence-corrected chi connectivity index (χ4v) is 5.28. The van der Waals surface area contributed by atoms with Crippen molar-refractivity contribution in [1.82, 2.24) is 10.6 Å². The van der Waals surface area contributed by atoms with Crippen LogP contribution in [-0.4, -0.2) is 59.7 Å². The molecule has 12 heteroatoms. The van der Waals surface area contributed by atoms with Crippen molar-refractivity contribution < 1.29 is 37.6 Å². The fourth-order valence-electron chi connectivity index (χ4n) is 2.82. The Kier molecular flexibility index (Phi) is 10.4. The van der Waals surface area contributed by atoms with E-state index in [9.17, 15) is 18.9 Å². The van der Waals surface area contributed by atoms with E-state index in [1.807, 2.05) is 0 Å². The Labute approximate surface area is 197 Å². The van der Waals surface area contributed by atoms with Crippen LogP contribution in [0.5, 0.6) is 5.75 Å². The summed E-state index contributed by atoms with van der Waals surface area (Å²) < 4.78 is 29.1. The first-order chi connectivity index (χ1) is 15.5. The molecule has 0 bridgehead atoms. The van der Waals surface area contributed by atoms with E-state index in [0.29, 0.717) is 18.0 Å². The number of hydrogen-bond acceptors (Lipinski definition) is 9. The number of phosphoric acid groups is 1. The molecule has 0 radical (unpaired) electrons. The molecular formula is C21H31N2O8PS.